The predicted octanol–water partition coefficient (Wildman–Crippen LogP) is 2.23. The Bertz CT molecular complexity index is 403. The number of ether oxygens (including phenoxy) is 1. The first kappa shape index (κ1) is 13.1. The molecule has 2 unspecified atom stereocenters. The maximum atomic E-state index is 5.82. The molecule has 0 aliphatic heterocycles. The number of hydrogen-bond acceptors (Lipinski definition) is 5. The summed E-state index contributed by atoms with van der Waals surface area (Å²) < 4.78 is 11.0. The highest BCUT2D eigenvalue weighted by Gasteiger charge is 2.29. The van der Waals surface area contributed by atoms with Crippen LogP contribution in [0.2, 0.25) is 0 Å². The quantitative estimate of drug-likeness (QED) is 0.853. The topological polar surface area (TPSA) is 74.2 Å². The smallest absolute Gasteiger partial charge is 0.229 e. The van der Waals surface area contributed by atoms with E-state index in [1.165, 1.54) is 38.5 Å². The molecule has 2 N–H and O–H groups in total. The molecule has 19 heavy (non-hydrogen) atoms. The molecule has 0 radical (unpaired) electrons. The number of aromatic nitrogens is 2. The molecule has 0 saturated heterocycles. The van der Waals surface area contributed by atoms with Crippen LogP contribution >= 0.6 is 0 Å². The molecule has 0 bridgehead atoms. The third-order valence-corrected chi connectivity index (χ3v) is 4.34. The van der Waals surface area contributed by atoms with Gasteiger partial charge in [-0.2, -0.15) is 4.98 Å². The van der Waals surface area contributed by atoms with Crippen molar-refractivity contribution in [3.05, 3.63) is 11.7 Å². The number of rotatable bonds is 6. The average molecular weight is 265 g/mol. The van der Waals surface area contributed by atoms with E-state index in [0.29, 0.717) is 30.2 Å². The second-order valence-corrected chi connectivity index (χ2v) is 5.88. The molecule has 106 valence electrons. The lowest BCUT2D eigenvalue weighted by atomic mass is 9.80. The molecular formula is C14H23N3O2. The molecule has 0 amide bonds. The monoisotopic (exact) mass is 265 g/mol. The van der Waals surface area contributed by atoms with Crippen molar-refractivity contribution in [2.24, 2.45) is 17.6 Å². The largest absolute Gasteiger partial charge is 0.373 e. The Kier molecular flexibility index (Phi) is 4.13. The number of nitrogens with two attached hydrogens (primary N) is 1. The lowest BCUT2D eigenvalue weighted by molar-refractivity contribution is 0.0472. The van der Waals surface area contributed by atoms with Crippen LogP contribution in [0.15, 0.2) is 4.52 Å². The van der Waals surface area contributed by atoms with Gasteiger partial charge in [0.2, 0.25) is 5.89 Å². The molecule has 5 heteroatoms. The van der Waals surface area contributed by atoms with Crippen LogP contribution in [0.4, 0.5) is 0 Å². The third kappa shape index (κ3) is 3.34. The Labute approximate surface area is 113 Å². The minimum atomic E-state index is 0.462. The van der Waals surface area contributed by atoms with E-state index in [0.717, 1.165) is 19.0 Å². The average Bonchev–Trinajstić information content (AvgIpc) is 3.19. The van der Waals surface area contributed by atoms with Crippen molar-refractivity contribution in [1.29, 1.82) is 0 Å². The summed E-state index contributed by atoms with van der Waals surface area (Å²) in [5, 5.41) is 3.96. The second kappa shape index (κ2) is 6.01. The summed E-state index contributed by atoms with van der Waals surface area (Å²) in [6.45, 7) is 2.02. The summed E-state index contributed by atoms with van der Waals surface area (Å²) in [4.78, 5) is 4.37. The SMILES string of the molecule is NCC1CCCCC1COCc1noc(C2CC2)n1. The summed E-state index contributed by atoms with van der Waals surface area (Å²) in [5.74, 6) is 3.22. The van der Waals surface area contributed by atoms with Crippen LogP contribution in [-0.4, -0.2) is 23.3 Å². The van der Waals surface area contributed by atoms with Crippen LogP contribution in [0, 0.1) is 11.8 Å². The van der Waals surface area contributed by atoms with Gasteiger partial charge in [-0.05, 0) is 44.1 Å². The van der Waals surface area contributed by atoms with E-state index in [1.54, 1.807) is 0 Å². The third-order valence-electron chi connectivity index (χ3n) is 4.34. The van der Waals surface area contributed by atoms with E-state index in [9.17, 15) is 0 Å². The Morgan fingerprint density at radius 1 is 1.16 bits per heavy atom. The van der Waals surface area contributed by atoms with Gasteiger partial charge in [0.25, 0.3) is 0 Å². The van der Waals surface area contributed by atoms with E-state index in [4.69, 9.17) is 15.0 Å². The van der Waals surface area contributed by atoms with Crippen LogP contribution < -0.4 is 5.73 Å². The van der Waals surface area contributed by atoms with Gasteiger partial charge in [0.15, 0.2) is 5.82 Å². The first-order valence-corrected chi connectivity index (χ1v) is 7.47. The minimum Gasteiger partial charge on any atom is -0.373 e. The van der Waals surface area contributed by atoms with Crippen molar-refractivity contribution in [2.75, 3.05) is 13.2 Å². The van der Waals surface area contributed by atoms with E-state index in [2.05, 4.69) is 10.1 Å². The van der Waals surface area contributed by atoms with Gasteiger partial charge >= 0.3 is 0 Å². The van der Waals surface area contributed by atoms with Crippen LogP contribution in [0.5, 0.6) is 0 Å². The number of hydrogen-bond donors (Lipinski definition) is 1. The van der Waals surface area contributed by atoms with Crippen molar-refractivity contribution in [3.8, 4) is 0 Å². The highest BCUT2D eigenvalue weighted by molar-refractivity contribution is 5.01. The van der Waals surface area contributed by atoms with Crippen molar-refractivity contribution < 1.29 is 9.26 Å². The maximum Gasteiger partial charge on any atom is 0.229 e. The van der Waals surface area contributed by atoms with Gasteiger partial charge in [-0.25, -0.2) is 0 Å². The standard InChI is InChI=1S/C14H23N3O2/c15-7-11-3-1-2-4-12(11)8-18-9-13-16-14(19-17-13)10-5-6-10/h10-12H,1-9,15H2. The van der Waals surface area contributed by atoms with E-state index in [1.807, 2.05) is 0 Å². The van der Waals surface area contributed by atoms with Gasteiger partial charge < -0.3 is 15.0 Å². The fraction of sp³-hybridized carbons (Fsp3) is 0.857. The zero-order valence-corrected chi connectivity index (χ0v) is 11.4. The van der Waals surface area contributed by atoms with Gasteiger partial charge in [-0.15, -0.1) is 0 Å². The van der Waals surface area contributed by atoms with Crippen LogP contribution in [0.1, 0.15) is 56.2 Å². The highest BCUT2D eigenvalue weighted by Crippen LogP contribution is 2.38. The molecule has 2 saturated carbocycles. The Morgan fingerprint density at radius 2 is 1.95 bits per heavy atom. The van der Waals surface area contributed by atoms with Crippen LogP contribution in [0.25, 0.3) is 0 Å². The Balaban J connectivity index is 1.43. The Morgan fingerprint density at radius 3 is 2.68 bits per heavy atom. The van der Waals surface area contributed by atoms with E-state index >= 15 is 0 Å². The molecule has 3 rings (SSSR count). The molecular weight excluding hydrogens is 242 g/mol. The van der Waals surface area contributed by atoms with Gasteiger partial charge in [0.05, 0.1) is 6.61 Å². The van der Waals surface area contributed by atoms with Gasteiger partial charge in [0, 0.05) is 5.92 Å². The summed E-state index contributed by atoms with van der Waals surface area (Å²) in [6, 6.07) is 0. The molecule has 0 aromatic carbocycles. The normalized spacial score (nSPS) is 27.6. The molecule has 5 nitrogen and oxygen atoms in total. The first-order chi connectivity index (χ1) is 9.36. The van der Waals surface area contributed by atoms with Crippen molar-refractivity contribution in [2.45, 2.75) is 51.0 Å². The minimum absolute atomic E-state index is 0.462. The maximum absolute atomic E-state index is 5.82. The summed E-state index contributed by atoms with van der Waals surface area (Å²) >= 11 is 0. The molecule has 1 heterocycles. The number of nitrogens with zero attached hydrogens (tertiary/aromatic N) is 2. The predicted molar refractivity (Wildman–Crippen MR) is 70.4 cm³/mol. The molecule has 0 spiro atoms. The molecule has 1 aromatic heterocycles. The van der Waals surface area contributed by atoms with E-state index < -0.39 is 0 Å². The Hall–Kier alpha value is -0.940. The summed E-state index contributed by atoms with van der Waals surface area (Å²) in [5.41, 5.74) is 5.82. The second-order valence-electron chi connectivity index (χ2n) is 5.88. The zero-order valence-electron chi connectivity index (χ0n) is 11.4. The molecule has 2 fully saturated rings. The zero-order chi connectivity index (χ0) is 13.1. The first-order valence-electron chi connectivity index (χ1n) is 7.47. The van der Waals surface area contributed by atoms with Crippen LogP contribution in [-0.2, 0) is 11.3 Å². The molecule has 2 atom stereocenters. The lowest BCUT2D eigenvalue weighted by Gasteiger charge is -2.30. The van der Waals surface area contributed by atoms with Crippen molar-refractivity contribution in [3.63, 3.8) is 0 Å². The fourth-order valence-electron chi connectivity index (χ4n) is 2.94. The van der Waals surface area contributed by atoms with Crippen molar-refractivity contribution >= 4 is 0 Å². The van der Waals surface area contributed by atoms with Crippen LogP contribution in [0.3, 0.4) is 0 Å². The summed E-state index contributed by atoms with van der Waals surface area (Å²) in [6.07, 6.45) is 7.47. The molecule has 1 aromatic rings. The van der Waals surface area contributed by atoms with Gasteiger partial charge in [0.1, 0.15) is 6.61 Å². The van der Waals surface area contributed by atoms with Crippen molar-refractivity contribution in [1.82, 2.24) is 10.1 Å². The van der Waals surface area contributed by atoms with Gasteiger partial charge in [-0.3, -0.25) is 0 Å². The highest BCUT2D eigenvalue weighted by atomic mass is 16.5. The fourth-order valence-corrected chi connectivity index (χ4v) is 2.94. The van der Waals surface area contributed by atoms with E-state index in [-0.39, 0.29) is 0 Å². The summed E-state index contributed by atoms with van der Waals surface area (Å²) in [7, 11) is 0. The lowest BCUT2D eigenvalue weighted by Crippen LogP contribution is -2.29. The molecule has 2 aliphatic carbocycles. The van der Waals surface area contributed by atoms with Gasteiger partial charge in [-0.1, -0.05) is 18.0 Å². The molecule has 2 aliphatic rings.